The molecule has 1 N–H and O–H groups in total. The van der Waals surface area contributed by atoms with Crippen molar-refractivity contribution >= 4 is 22.4 Å². The average molecular weight is 321 g/mol. The lowest BCUT2D eigenvalue weighted by Crippen LogP contribution is -2.52. The van der Waals surface area contributed by atoms with Crippen LogP contribution in [0.3, 0.4) is 0 Å². The largest absolute Gasteiger partial charge is 0.494 e. The smallest absolute Gasteiger partial charge is 0.243 e. The number of piperazine rings is 1. The number of ether oxygens (including phenoxy) is 1. The fraction of sp³-hybridized carbons (Fsp3) is 0.538. The van der Waals surface area contributed by atoms with Gasteiger partial charge in [0.15, 0.2) is 0 Å². The van der Waals surface area contributed by atoms with Crippen molar-refractivity contribution in [3.8, 4) is 5.75 Å². The van der Waals surface area contributed by atoms with Gasteiger partial charge in [0, 0.05) is 31.7 Å². The van der Waals surface area contributed by atoms with Crippen LogP contribution in [0.1, 0.15) is 13.8 Å². The van der Waals surface area contributed by atoms with E-state index in [2.05, 4.69) is 5.32 Å². The fourth-order valence-electron chi connectivity index (χ4n) is 2.21. The predicted molar refractivity (Wildman–Crippen MR) is 81.1 cm³/mol. The molecule has 0 radical (unpaired) electrons. The zero-order valence-electron chi connectivity index (χ0n) is 11.7. The molecule has 0 aromatic heterocycles. The van der Waals surface area contributed by atoms with Crippen LogP contribution in [-0.4, -0.2) is 45.0 Å². The van der Waals surface area contributed by atoms with Gasteiger partial charge in [-0.2, -0.15) is 4.31 Å². The first-order valence-electron chi connectivity index (χ1n) is 6.51. The van der Waals surface area contributed by atoms with E-state index in [1.807, 2.05) is 13.8 Å². The van der Waals surface area contributed by atoms with Crippen molar-refractivity contribution in [1.82, 2.24) is 9.62 Å². The van der Waals surface area contributed by atoms with E-state index < -0.39 is 10.0 Å². The van der Waals surface area contributed by atoms with Crippen molar-refractivity contribution in [2.24, 2.45) is 0 Å². The normalized spacial score (nSPS) is 20.2. The highest BCUT2D eigenvalue weighted by molar-refractivity contribution is 7.89. The van der Waals surface area contributed by atoms with Gasteiger partial charge in [-0.3, -0.25) is 0 Å². The van der Waals surface area contributed by atoms with Gasteiger partial charge < -0.3 is 10.1 Å². The number of rotatable bonds is 4. The van der Waals surface area contributed by atoms with Gasteiger partial charge in [-0.15, -0.1) is 12.4 Å². The lowest BCUT2D eigenvalue weighted by atomic mass is 10.3. The van der Waals surface area contributed by atoms with Crippen LogP contribution in [0.15, 0.2) is 29.2 Å². The first-order chi connectivity index (χ1) is 9.05. The minimum Gasteiger partial charge on any atom is -0.494 e. The van der Waals surface area contributed by atoms with Crippen LogP contribution in [0.5, 0.6) is 5.75 Å². The van der Waals surface area contributed by atoms with E-state index in [-0.39, 0.29) is 18.4 Å². The molecule has 1 atom stereocenters. The summed E-state index contributed by atoms with van der Waals surface area (Å²) in [6, 6.07) is 6.66. The molecule has 7 heteroatoms. The quantitative estimate of drug-likeness (QED) is 0.913. The zero-order valence-corrected chi connectivity index (χ0v) is 13.3. The topological polar surface area (TPSA) is 58.6 Å². The van der Waals surface area contributed by atoms with Gasteiger partial charge in [0.05, 0.1) is 11.5 Å². The van der Waals surface area contributed by atoms with Gasteiger partial charge >= 0.3 is 0 Å². The van der Waals surface area contributed by atoms with Gasteiger partial charge in [0.1, 0.15) is 5.75 Å². The third kappa shape index (κ3) is 3.63. The minimum absolute atomic E-state index is 0. The maximum absolute atomic E-state index is 12.6. The Morgan fingerprint density at radius 1 is 1.45 bits per heavy atom. The van der Waals surface area contributed by atoms with Crippen molar-refractivity contribution in [3.05, 3.63) is 24.3 Å². The summed E-state index contributed by atoms with van der Waals surface area (Å²) in [6.07, 6.45) is 0. The molecule has 5 nitrogen and oxygen atoms in total. The molecular weight excluding hydrogens is 300 g/mol. The lowest BCUT2D eigenvalue weighted by molar-refractivity contribution is 0.283. The molecule has 1 saturated heterocycles. The number of hydrogen-bond donors (Lipinski definition) is 1. The molecule has 1 aromatic carbocycles. The number of halogens is 1. The van der Waals surface area contributed by atoms with Gasteiger partial charge in [-0.05, 0) is 26.0 Å². The summed E-state index contributed by atoms with van der Waals surface area (Å²) in [4.78, 5) is 0.298. The average Bonchev–Trinajstić information content (AvgIpc) is 2.40. The summed E-state index contributed by atoms with van der Waals surface area (Å²) < 4.78 is 32.1. The summed E-state index contributed by atoms with van der Waals surface area (Å²) in [7, 11) is -3.44. The van der Waals surface area contributed by atoms with E-state index in [1.165, 1.54) is 0 Å². The fourth-order valence-corrected chi connectivity index (χ4v) is 3.87. The Balaban J connectivity index is 0.00000200. The van der Waals surface area contributed by atoms with Gasteiger partial charge in [-0.25, -0.2) is 8.42 Å². The van der Waals surface area contributed by atoms with Crippen LogP contribution in [0.25, 0.3) is 0 Å². The number of nitrogens with zero attached hydrogens (tertiary/aromatic N) is 1. The Labute approximate surface area is 126 Å². The molecule has 0 saturated carbocycles. The second kappa shape index (κ2) is 7.26. The van der Waals surface area contributed by atoms with Crippen molar-refractivity contribution in [2.45, 2.75) is 24.8 Å². The second-order valence-corrected chi connectivity index (χ2v) is 6.47. The predicted octanol–water partition coefficient (Wildman–Crippen LogP) is 1.49. The zero-order chi connectivity index (χ0) is 13.9. The van der Waals surface area contributed by atoms with E-state index in [0.717, 1.165) is 0 Å². The Morgan fingerprint density at radius 3 is 2.85 bits per heavy atom. The molecular formula is C13H21ClN2O3S. The van der Waals surface area contributed by atoms with E-state index in [1.54, 1.807) is 28.6 Å². The second-order valence-electron chi connectivity index (χ2n) is 4.58. The summed E-state index contributed by atoms with van der Waals surface area (Å²) in [5, 5.41) is 3.19. The van der Waals surface area contributed by atoms with Crippen molar-refractivity contribution < 1.29 is 13.2 Å². The third-order valence-corrected chi connectivity index (χ3v) is 5.17. The van der Waals surface area contributed by atoms with Gasteiger partial charge in [-0.1, -0.05) is 6.07 Å². The van der Waals surface area contributed by atoms with E-state index in [4.69, 9.17) is 4.74 Å². The highest BCUT2D eigenvalue weighted by atomic mass is 35.5. The molecule has 114 valence electrons. The van der Waals surface area contributed by atoms with Crippen LogP contribution in [0.2, 0.25) is 0 Å². The third-order valence-electron chi connectivity index (χ3n) is 3.16. The molecule has 20 heavy (non-hydrogen) atoms. The summed E-state index contributed by atoms with van der Waals surface area (Å²) in [5.74, 6) is 0.589. The van der Waals surface area contributed by atoms with Crippen molar-refractivity contribution in [2.75, 3.05) is 26.2 Å². The van der Waals surface area contributed by atoms with E-state index in [9.17, 15) is 8.42 Å². The van der Waals surface area contributed by atoms with Gasteiger partial charge in [0.25, 0.3) is 0 Å². The SMILES string of the molecule is CCOc1cccc(S(=O)(=O)N2CCNC[C@@H]2C)c1.Cl. The van der Waals surface area contributed by atoms with E-state index in [0.29, 0.717) is 36.9 Å². The van der Waals surface area contributed by atoms with Gasteiger partial charge in [0.2, 0.25) is 10.0 Å². The summed E-state index contributed by atoms with van der Waals surface area (Å²) in [5.41, 5.74) is 0. The maximum Gasteiger partial charge on any atom is 0.243 e. The highest BCUT2D eigenvalue weighted by Gasteiger charge is 2.30. The first kappa shape index (κ1) is 17.2. The van der Waals surface area contributed by atoms with Crippen LogP contribution in [-0.2, 0) is 10.0 Å². The maximum atomic E-state index is 12.6. The number of sulfonamides is 1. The Bertz CT molecular complexity index is 536. The standard InChI is InChI=1S/C13H20N2O3S.ClH/c1-3-18-12-5-4-6-13(9-12)19(16,17)15-8-7-14-10-11(15)2;/h4-6,9,11,14H,3,7-8,10H2,1-2H3;1H/t11-;/m0./s1. The lowest BCUT2D eigenvalue weighted by Gasteiger charge is -2.32. The molecule has 0 aliphatic carbocycles. The molecule has 0 amide bonds. The molecule has 0 spiro atoms. The molecule has 1 fully saturated rings. The molecule has 0 unspecified atom stereocenters. The van der Waals surface area contributed by atoms with Crippen LogP contribution >= 0.6 is 12.4 Å². The molecule has 1 aromatic rings. The number of hydrogen-bond acceptors (Lipinski definition) is 4. The molecule has 2 rings (SSSR count). The first-order valence-corrected chi connectivity index (χ1v) is 7.95. The van der Waals surface area contributed by atoms with Crippen molar-refractivity contribution in [1.29, 1.82) is 0 Å². The highest BCUT2D eigenvalue weighted by Crippen LogP contribution is 2.23. The molecule has 1 aliphatic heterocycles. The van der Waals surface area contributed by atoms with Crippen LogP contribution in [0, 0.1) is 0 Å². The summed E-state index contributed by atoms with van der Waals surface area (Å²) in [6.45, 7) is 6.19. The number of benzene rings is 1. The van der Waals surface area contributed by atoms with Crippen LogP contribution in [0.4, 0.5) is 0 Å². The Kier molecular flexibility index (Phi) is 6.26. The van der Waals surface area contributed by atoms with E-state index >= 15 is 0 Å². The Morgan fingerprint density at radius 2 is 2.20 bits per heavy atom. The van der Waals surface area contributed by atoms with Crippen LogP contribution < -0.4 is 10.1 Å². The summed E-state index contributed by atoms with van der Waals surface area (Å²) >= 11 is 0. The molecule has 0 bridgehead atoms. The molecule has 1 heterocycles. The molecule has 1 aliphatic rings. The monoisotopic (exact) mass is 320 g/mol. The minimum atomic E-state index is -3.44. The Hall–Kier alpha value is -0.820. The number of nitrogens with one attached hydrogen (secondary N) is 1. The van der Waals surface area contributed by atoms with Crippen molar-refractivity contribution in [3.63, 3.8) is 0 Å².